The Morgan fingerprint density at radius 3 is 2.50 bits per heavy atom. The first-order chi connectivity index (χ1) is 12.4. The number of amides is 1. The molecule has 26 heavy (non-hydrogen) atoms. The summed E-state index contributed by atoms with van der Waals surface area (Å²) in [6.45, 7) is 2.71. The zero-order valence-corrected chi connectivity index (χ0v) is 17.0. The molecule has 0 unspecified atom stereocenters. The Kier molecular flexibility index (Phi) is 5.68. The Bertz CT molecular complexity index is 960. The van der Waals surface area contributed by atoms with Crippen LogP contribution in [0.3, 0.4) is 0 Å². The summed E-state index contributed by atoms with van der Waals surface area (Å²) in [5.74, 6) is 0.638. The highest BCUT2D eigenvalue weighted by molar-refractivity contribution is 9.10. The number of carbonyl (C=O) groups is 1. The van der Waals surface area contributed by atoms with Crippen molar-refractivity contribution in [1.82, 2.24) is 19.7 Å². The number of hydrogen-bond donors (Lipinski definition) is 1. The molecular formula is C19H19BrN4OS. The molecular weight excluding hydrogens is 412 g/mol. The van der Waals surface area contributed by atoms with E-state index >= 15 is 0 Å². The summed E-state index contributed by atoms with van der Waals surface area (Å²) < 4.78 is 3.19. The van der Waals surface area contributed by atoms with E-state index in [-0.39, 0.29) is 12.5 Å². The molecule has 2 aromatic carbocycles. The van der Waals surface area contributed by atoms with Gasteiger partial charge in [-0.1, -0.05) is 57.9 Å². The normalized spacial score (nSPS) is 10.7. The molecule has 7 heteroatoms. The van der Waals surface area contributed by atoms with Gasteiger partial charge in [-0.2, -0.15) is 5.10 Å². The number of carbonyl (C=O) groups excluding carboxylic acids is 1. The Morgan fingerprint density at radius 1 is 1.19 bits per heavy atom. The minimum atomic E-state index is -0.0289. The van der Waals surface area contributed by atoms with Crippen LogP contribution in [0.1, 0.15) is 11.1 Å². The molecule has 0 aliphatic heterocycles. The molecule has 3 aromatic rings. The summed E-state index contributed by atoms with van der Waals surface area (Å²) in [6, 6.07) is 15.9. The Balaban J connectivity index is 1.77. The molecule has 1 heterocycles. The van der Waals surface area contributed by atoms with Crippen molar-refractivity contribution < 1.29 is 4.79 Å². The maximum Gasteiger partial charge on any atom is 0.242 e. The lowest BCUT2D eigenvalue weighted by Crippen LogP contribution is -2.30. The molecule has 1 N–H and O–H groups in total. The van der Waals surface area contributed by atoms with E-state index in [1.54, 1.807) is 16.5 Å². The largest absolute Gasteiger partial charge is 0.340 e. The third-order valence-electron chi connectivity index (χ3n) is 4.12. The van der Waals surface area contributed by atoms with E-state index in [9.17, 15) is 4.79 Å². The van der Waals surface area contributed by atoms with Crippen LogP contribution in [-0.4, -0.2) is 32.6 Å². The van der Waals surface area contributed by atoms with Crippen molar-refractivity contribution in [3.05, 3.63) is 68.9 Å². The fourth-order valence-electron chi connectivity index (χ4n) is 2.60. The average molecular weight is 431 g/mol. The molecule has 3 rings (SSSR count). The van der Waals surface area contributed by atoms with Gasteiger partial charge >= 0.3 is 0 Å². The Morgan fingerprint density at radius 2 is 1.85 bits per heavy atom. The molecule has 1 aromatic heterocycles. The number of rotatable bonds is 5. The van der Waals surface area contributed by atoms with E-state index < -0.39 is 0 Å². The SMILES string of the molecule is Cc1ccc(-c2n[nH]c(=S)n2CC(=O)N(C)Cc2ccc(Br)cc2)cc1. The van der Waals surface area contributed by atoms with E-state index in [2.05, 4.69) is 26.1 Å². The highest BCUT2D eigenvalue weighted by atomic mass is 79.9. The van der Waals surface area contributed by atoms with Gasteiger partial charge in [0.15, 0.2) is 10.6 Å². The standard InChI is InChI=1S/C19H19BrN4OS/c1-13-3-7-15(8-4-13)18-21-22-19(26)24(18)12-17(25)23(2)11-14-5-9-16(20)10-6-14/h3-10H,11-12H2,1-2H3,(H,22,26). The number of aryl methyl sites for hydroxylation is 1. The lowest BCUT2D eigenvalue weighted by atomic mass is 10.1. The fourth-order valence-corrected chi connectivity index (χ4v) is 3.06. The van der Waals surface area contributed by atoms with Gasteiger partial charge in [-0.15, -0.1) is 0 Å². The molecule has 5 nitrogen and oxygen atoms in total. The second-order valence-corrected chi connectivity index (χ2v) is 7.48. The van der Waals surface area contributed by atoms with Gasteiger partial charge in [0.2, 0.25) is 5.91 Å². The number of hydrogen-bond acceptors (Lipinski definition) is 3. The first kappa shape index (κ1) is 18.5. The second kappa shape index (κ2) is 7.97. The van der Waals surface area contributed by atoms with E-state index in [1.807, 2.05) is 55.5 Å². The topological polar surface area (TPSA) is 53.9 Å². The van der Waals surface area contributed by atoms with Gasteiger partial charge in [0, 0.05) is 23.6 Å². The number of nitrogens with one attached hydrogen (secondary N) is 1. The van der Waals surface area contributed by atoms with Crippen molar-refractivity contribution >= 4 is 34.1 Å². The third kappa shape index (κ3) is 4.28. The van der Waals surface area contributed by atoms with Crippen molar-refractivity contribution in [3.63, 3.8) is 0 Å². The number of H-pyrrole nitrogens is 1. The Hall–Kier alpha value is -2.25. The van der Waals surface area contributed by atoms with Crippen molar-refractivity contribution in [3.8, 4) is 11.4 Å². The summed E-state index contributed by atoms with van der Waals surface area (Å²) in [7, 11) is 1.79. The lowest BCUT2D eigenvalue weighted by molar-refractivity contribution is -0.131. The molecule has 0 aliphatic rings. The van der Waals surface area contributed by atoms with Crippen LogP contribution < -0.4 is 0 Å². The first-order valence-electron chi connectivity index (χ1n) is 8.14. The molecule has 0 radical (unpaired) electrons. The van der Waals surface area contributed by atoms with Gasteiger partial charge < -0.3 is 4.90 Å². The predicted molar refractivity (Wildman–Crippen MR) is 108 cm³/mol. The molecule has 1 amide bonds. The number of aromatic amines is 1. The van der Waals surface area contributed by atoms with Crippen LogP contribution in [0, 0.1) is 11.7 Å². The summed E-state index contributed by atoms with van der Waals surface area (Å²) >= 11 is 8.73. The van der Waals surface area contributed by atoms with Crippen LogP contribution in [0.15, 0.2) is 53.0 Å². The zero-order valence-electron chi connectivity index (χ0n) is 14.6. The molecule has 134 valence electrons. The van der Waals surface area contributed by atoms with Gasteiger partial charge in [0.05, 0.1) is 0 Å². The fraction of sp³-hybridized carbons (Fsp3) is 0.211. The minimum Gasteiger partial charge on any atom is -0.340 e. The zero-order chi connectivity index (χ0) is 18.7. The third-order valence-corrected chi connectivity index (χ3v) is 4.96. The molecule has 0 bridgehead atoms. The van der Waals surface area contributed by atoms with E-state index in [0.717, 1.165) is 15.6 Å². The summed E-state index contributed by atoms with van der Waals surface area (Å²) in [5.41, 5.74) is 3.16. The maximum atomic E-state index is 12.7. The van der Waals surface area contributed by atoms with Crippen molar-refractivity contribution in [1.29, 1.82) is 0 Å². The van der Waals surface area contributed by atoms with Crippen LogP contribution in [-0.2, 0) is 17.9 Å². The molecule has 0 atom stereocenters. The molecule has 0 spiro atoms. The van der Waals surface area contributed by atoms with E-state index in [1.165, 1.54) is 5.56 Å². The van der Waals surface area contributed by atoms with Crippen molar-refractivity contribution in [2.75, 3.05) is 7.05 Å². The van der Waals surface area contributed by atoms with E-state index in [0.29, 0.717) is 17.1 Å². The highest BCUT2D eigenvalue weighted by Gasteiger charge is 2.15. The van der Waals surface area contributed by atoms with Crippen molar-refractivity contribution in [2.24, 2.45) is 0 Å². The Labute approximate surface area is 165 Å². The predicted octanol–water partition coefficient (Wildman–Crippen LogP) is 4.34. The van der Waals surface area contributed by atoms with Crippen LogP contribution in [0.2, 0.25) is 0 Å². The number of halogens is 1. The summed E-state index contributed by atoms with van der Waals surface area (Å²) in [6.07, 6.45) is 0. The number of likely N-dealkylation sites (N-methyl/N-ethyl adjacent to an activating group) is 1. The molecule has 0 saturated carbocycles. The smallest absolute Gasteiger partial charge is 0.242 e. The number of nitrogens with zero attached hydrogens (tertiary/aromatic N) is 3. The van der Waals surface area contributed by atoms with Gasteiger partial charge in [-0.25, -0.2) is 0 Å². The van der Waals surface area contributed by atoms with Gasteiger partial charge in [-0.3, -0.25) is 14.5 Å². The van der Waals surface area contributed by atoms with Crippen LogP contribution in [0.5, 0.6) is 0 Å². The second-order valence-electron chi connectivity index (χ2n) is 6.18. The number of benzene rings is 2. The van der Waals surface area contributed by atoms with Crippen molar-refractivity contribution in [2.45, 2.75) is 20.0 Å². The summed E-state index contributed by atoms with van der Waals surface area (Å²) in [5, 5.41) is 7.08. The lowest BCUT2D eigenvalue weighted by Gasteiger charge is -2.18. The van der Waals surface area contributed by atoms with Crippen LogP contribution >= 0.6 is 28.1 Å². The monoisotopic (exact) mass is 430 g/mol. The minimum absolute atomic E-state index is 0.0289. The van der Waals surface area contributed by atoms with Gasteiger partial charge in [0.1, 0.15) is 6.54 Å². The average Bonchev–Trinajstić information content (AvgIpc) is 2.98. The van der Waals surface area contributed by atoms with E-state index in [4.69, 9.17) is 12.2 Å². The molecule has 0 aliphatic carbocycles. The maximum absolute atomic E-state index is 12.7. The molecule has 0 saturated heterocycles. The first-order valence-corrected chi connectivity index (χ1v) is 9.35. The highest BCUT2D eigenvalue weighted by Crippen LogP contribution is 2.18. The summed E-state index contributed by atoms with van der Waals surface area (Å²) in [4.78, 5) is 14.4. The number of aromatic nitrogens is 3. The van der Waals surface area contributed by atoms with Crippen LogP contribution in [0.25, 0.3) is 11.4 Å². The quantitative estimate of drug-likeness (QED) is 0.612. The van der Waals surface area contributed by atoms with Gasteiger partial charge in [0.25, 0.3) is 0 Å². The van der Waals surface area contributed by atoms with Gasteiger partial charge in [-0.05, 0) is 36.8 Å². The molecule has 0 fully saturated rings. The van der Waals surface area contributed by atoms with Crippen LogP contribution in [0.4, 0.5) is 0 Å².